The summed E-state index contributed by atoms with van der Waals surface area (Å²) in [4.78, 5) is 4.00. The van der Waals surface area contributed by atoms with E-state index in [1.807, 2.05) is 0 Å². The van der Waals surface area contributed by atoms with Crippen molar-refractivity contribution >= 4 is 51.6 Å². The van der Waals surface area contributed by atoms with Crippen molar-refractivity contribution in [2.75, 3.05) is 5.73 Å². The molecule has 1 aromatic carbocycles. The number of rotatable bonds is 0. The van der Waals surface area contributed by atoms with E-state index in [1.165, 1.54) is 0 Å². The van der Waals surface area contributed by atoms with Crippen molar-refractivity contribution in [1.82, 2.24) is 4.98 Å². The largest absolute Gasteiger partial charge is 0.436 e. The van der Waals surface area contributed by atoms with Crippen molar-refractivity contribution < 1.29 is 4.42 Å². The first kappa shape index (κ1) is 9.90. The molecule has 0 fully saturated rings. The predicted molar refractivity (Wildman–Crippen MR) is 57.7 cm³/mol. The van der Waals surface area contributed by atoms with Crippen LogP contribution in [0.15, 0.2) is 22.6 Å². The Hall–Kier alpha value is -0.640. The molecule has 0 amide bonds. The third-order valence-electron chi connectivity index (χ3n) is 1.69. The molecule has 0 unspecified atom stereocenters. The summed E-state index contributed by atoms with van der Waals surface area (Å²) in [5, 5.41) is 0. The molecule has 0 radical (unpaired) electrons. The maximum Gasteiger partial charge on any atom is 0.266 e. The van der Waals surface area contributed by atoms with E-state index in [-0.39, 0.29) is 5.89 Å². The number of alkyl halides is 3. The highest BCUT2D eigenvalue weighted by atomic mass is 35.6. The van der Waals surface area contributed by atoms with E-state index >= 15 is 0 Å². The molecule has 0 aliphatic heterocycles. The Labute approximate surface area is 94.7 Å². The summed E-state index contributed by atoms with van der Waals surface area (Å²) in [5.41, 5.74) is 7.17. The van der Waals surface area contributed by atoms with Crippen LogP contribution in [0.4, 0.5) is 5.69 Å². The Bertz CT molecular complexity index is 475. The summed E-state index contributed by atoms with van der Waals surface area (Å²) in [6.07, 6.45) is 0. The zero-order chi connectivity index (χ0) is 10.3. The number of anilines is 1. The van der Waals surface area contributed by atoms with E-state index in [0.717, 1.165) is 0 Å². The van der Waals surface area contributed by atoms with E-state index in [9.17, 15) is 0 Å². The number of nitrogen functional groups attached to an aromatic ring is 1. The minimum atomic E-state index is -1.66. The standard InChI is InChI=1S/C8H5Cl3N2O/c9-8(10,11)7-13-6-4(12)2-1-3-5(6)14-7/h1-3H,12H2. The van der Waals surface area contributed by atoms with E-state index in [1.54, 1.807) is 18.2 Å². The van der Waals surface area contributed by atoms with Crippen molar-refractivity contribution in [3.05, 3.63) is 24.1 Å². The van der Waals surface area contributed by atoms with E-state index in [2.05, 4.69) is 4.98 Å². The molecule has 0 atom stereocenters. The van der Waals surface area contributed by atoms with E-state index in [4.69, 9.17) is 45.0 Å². The smallest absolute Gasteiger partial charge is 0.266 e. The van der Waals surface area contributed by atoms with Gasteiger partial charge >= 0.3 is 0 Å². The minimum absolute atomic E-state index is 0.0235. The molecule has 0 spiro atoms. The lowest BCUT2D eigenvalue weighted by Gasteiger charge is -2.02. The molecular weight excluding hydrogens is 246 g/mol. The van der Waals surface area contributed by atoms with Crippen LogP contribution in [-0.4, -0.2) is 4.98 Å². The van der Waals surface area contributed by atoms with Gasteiger partial charge in [-0.15, -0.1) is 0 Å². The average molecular weight is 252 g/mol. The third kappa shape index (κ3) is 1.63. The van der Waals surface area contributed by atoms with Gasteiger partial charge in [0.25, 0.3) is 3.79 Å². The highest BCUT2D eigenvalue weighted by molar-refractivity contribution is 6.66. The number of hydrogen-bond donors (Lipinski definition) is 1. The van der Waals surface area contributed by atoms with E-state index in [0.29, 0.717) is 16.8 Å². The molecule has 3 nitrogen and oxygen atoms in total. The van der Waals surface area contributed by atoms with Gasteiger partial charge in [-0.3, -0.25) is 0 Å². The first-order valence-electron chi connectivity index (χ1n) is 3.71. The van der Waals surface area contributed by atoms with Crippen molar-refractivity contribution in [2.24, 2.45) is 0 Å². The van der Waals surface area contributed by atoms with Crippen LogP contribution >= 0.6 is 34.8 Å². The molecule has 0 aliphatic rings. The zero-order valence-corrected chi connectivity index (χ0v) is 9.07. The average Bonchev–Trinajstić information content (AvgIpc) is 2.48. The highest BCUT2D eigenvalue weighted by Gasteiger charge is 2.29. The second kappa shape index (κ2) is 3.19. The quantitative estimate of drug-likeness (QED) is 0.578. The van der Waals surface area contributed by atoms with Gasteiger partial charge in [-0.2, -0.15) is 0 Å². The number of hydrogen-bond acceptors (Lipinski definition) is 3. The lowest BCUT2D eigenvalue weighted by Crippen LogP contribution is -1.99. The molecule has 0 aliphatic carbocycles. The fourth-order valence-electron chi connectivity index (χ4n) is 1.09. The second-order valence-corrected chi connectivity index (χ2v) is 4.99. The number of benzene rings is 1. The van der Waals surface area contributed by atoms with Gasteiger partial charge in [0, 0.05) is 0 Å². The molecule has 74 valence electrons. The lowest BCUT2D eigenvalue weighted by molar-refractivity contribution is 0.540. The Balaban J connectivity index is 2.69. The zero-order valence-electron chi connectivity index (χ0n) is 6.80. The second-order valence-electron chi connectivity index (χ2n) is 2.71. The Morgan fingerprint density at radius 2 is 2.00 bits per heavy atom. The van der Waals surface area contributed by atoms with Gasteiger partial charge in [-0.05, 0) is 12.1 Å². The Morgan fingerprint density at radius 3 is 2.57 bits per heavy atom. The molecule has 0 bridgehead atoms. The predicted octanol–water partition coefficient (Wildman–Crippen LogP) is 3.24. The molecule has 2 aromatic rings. The van der Waals surface area contributed by atoms with E-state index < -0.39 is 3.79 Å². The molecule has 0 saturated heterocycles. The molecule has 0 saturated carbocycles. The SMILES string of the molecule is Nc1cccc2oc(C(Cl)(Cl)Cl)nc12. The number of para-hydroxylation sites is 1. The van der Waals surface area contributed by atoms with Crippen LogP contribution < -0.4 is 5.73 Å². The van der Waals surface area contributed by atoms with Crippen LogP contribution in [0.3, 0.4) is 0 Å². The van der Waals surface area contributed by atoms with Crippen LogP contribution in [-0.2, 0) is 3.79 Å². The molecule has 14 heavy (non-hydrogen) atoms. The van der Waals surface area contributed by atoms with Gasteiger partial charge in [-0.25, -0.2) is 4.98 Å². The van der Waals surface area contributed by atoms with Gasteiger partial charge in [0.1, 0.15) is 5.52 Å². The summed E-state index contributed by atoms with van der Waals surface area (Å²) in [6, 6.07) is 5.15. The minimum Gasteiger partial charge on any atom is -0.436 e. The number of nitrogens with zero attached hydrogens (tertiary/aromatic N) is 1. The van der Waals surface area contributed by atoms with Crippen molar-refractivity contribution in [1.29, 1.82) is 0 Å². The van der Waals surface area contributed by atoms with Gasteiger partial charge in [0.15, 0.2) is 5.58 Å². The van der Waals surface area contributed by atoms with Crippen LogP contribution in [0.5, 0.6) is 0 Å². The van der Waals surface area contributed by atoms with Crippen LogP contribution in [0, 0.1) is 0 Å². The molecule has 1 heterocycles. The molecule has 2 N–H and O–H groups in total. The van der Waals surface area contributed by atoms with Gasteiger partial charge in [0.05, 0.1) is 5.69 Å². The fourth-order valence-corrected chi connectivity index (χ4v) is 1.33. The molecular formula is C8H5Cl3N2O. The van der Waals surface area contributed by atoms with Crippen molar-refractivity contribution in [3.63, 3.8) is 0 Å². The molecule has 1 aromatic heterocycles. The Kier molecular flexibility index (Phi) is 2.26. The monoisotopic (exact) mass is 250 g/mol. The van der Waals surface area contributed by atoms with Crippen LogP contribution in [0.1, 0.15) is 5.89 Å². The van der Waals surface area contributed by atoms with Gasteiger partial charge < -0.3 is 10.2 Å². The highest BCUT2D eigenvalue weighted by Crippen LogP contribution is 2.39. The van der Waals surface area contributed by atoms with Crippen LogP contribution in [0.2, 0.25) is 0 Å². The first-order valence-corrected chi connectivity index (χ1v) is 4.84. The maximum atomic E-state index is 5.66. The number of oxazole rings is 1. The number of fused-ring (bicyclic) bond motifs is 1. The van der Waals surface area contributed by atoms with Gasteiger partial charge in [0.2, 0.25) is 5.89 Å². The fraction of sp³-hybridized carbons (Fsp3) is 0.125. The molecule has 2 rings (SSSR count). The number of halogens is 3. The summed E-state index contributed by atoms with van der Waals surface area (Å²) in [6.45, 7) is 0. The number of aromatic nitrogens is 1. The summed E-state index contributed by atoms with van der Waals surface area (Å²) in [5.74, 6) is 0.0235. The first-order chi connectivity index (χ1) is 6.48. The summed E-state index contributed by atoms with van der Waals surface area (Å²) >= 11 is 16.8. The maximum absolute atomic E-state index is 5.66. The normalized spacial score (nSPS) is 12.2. The lowest BCUT2D eigenvalue weighted by atomic mass is 10.3. The van der Waals surface area contributed by atoms with Crippen molar-refractivity contribution in [3.8, 4) is 0 Å². The summed E-state index contributed by atoms with van der Waals surface area (Å²) in [7, 11) is 0. The third-order valence-corrected chi connectivity index (χ3v) is 2.18. The number of nitrogens with two attached hydrogens (primary N) is 1. The molecule has 6 heteroatoms. The van der Waals surface area contributed by atoms with Crippen molar-refractivity contribution in [2.45, 2.75) is 3.79 Å². The van der Waals surface area contributed by atoms with Crippen LogP contribution in [0.25, 0.3) is 11.1 Å². The summed E-state index contributed by atoms with van der Waals surface area (Å²) < 4.78 is 3.57. The Morgan fingerprint density at radius 1 is 1.29 bits per heavy atom. The topological polar surface area (TPSA) is 52.0 Å². The van der Waals surface area contributed by atoms with Gasteiger partial charge in [-0.1, -0.05) is 40.9 Å².